The van der Waals surface area contributed by atoms with Crippen molar-refractivity contribution in [1.29, 1.82) is 0 Å². The van der Waals surface area contributed by atoms with E-state index in [0.717, 1.165) is 24.3 Å². The van der Waals surface area contributed by atoms with Crippen molar-refractivity contribution >= 4 is 17.7 Å². The van der Waals surface area contributed by atoms with Crippen LogP contribution in [0.3, 0.4) is 0 Å². The molecule has 0 saturated carbocycles. The monoisotopic (exact) mass is 366 g/mol. The quantitative estimate of drug-likeness (QED) is 0.822. The van der Waals surface area contributed by atoms with Crippen LogP contribution in [0.5, 0.6) is 0 Å². The smallest absolute Gasteiger partial charge is 0.416 e. The Morgan fingerprint density at radius 3 is 2.19 bits per heavy atom. The number of esters is 1. The SMILES string of the molecule is CC(C)(C)OC(=O)c1cccnc1NC(=O)c1ccc(C(F)(F)F)cc1. The van der Waals surface area contributed by atoms with Crippen molar-refractivity contribution in [2.45, 2.75) is 32.5 Å². The lowest BCUT2D eigenvalue weighted by molar-refractivity contribution is -0.137. The van der Waals surface area contributed by atoms with Gasteiger partial charge >= 0.3 is 12.1 Å². The average Bonchev–Trinajstić information content (AvgIpc) is 2.53. The molecule has 0 aliphatic carbocycles. The number of pyridine rings is 1. The highest BCUT2D eigenvalue weighted by Gasteiger charge is 2.30. The summed E-state index contributed by atoms with van der Waals surface area (Å²) in [5.74, 6) is -1.40. The molecule has 0 aliphatic rings. The summed E-state index contributed by atoms with van der Waals surface area (Å²) in [7, 11) is 0. The number of anilines is 1. The first kappa shape index (κ1) is 19.4. The van der Waals surface area contributed by atoms with Crippen LogP contribution >= 0.6 is 0 Å². The van der Waals surface area contributed by atoms with E-state index in [9.17, 15) is 22.8 Å². The molecule has 1 heterocycles. The van der Waals surface area contributed by atoms with E-state index >= 15 is 0 Å². The van der Waals surface area contributed by atoms with E-state index in [1.54, 1.807) is 20.8 Å². The van der Waals surface area contributed by atoms with Crippen LogP contribution in [0.25, 0.3) is 0 Å². The van der Waals surface area contributed by atoms with E-state index in [1.165, 1.54) is 18.3 Å². The molecule has 0 atom stereocenters. The predicted octanol–water partition coefficient (Wildman–Crippen LogP) is 4.31. The van der Waals surface area contributed by atoms with Gasteiger partial charge in [-0.25, -0.2) is 9.78 Å². The topological polar surface area (TPSA) is 68.3 Å². The molecule has 1 aromatic heterocycles. The zero-order valence-corrected chi connectivity index (χ0v) is 14.3. The Hall–Kier alpha value is -2.90. The number of rotatable bonds is 3. The molecule has 0 radical (unpaired) electrons. The number of carbonyl (C=O) groups is 2. The number of carbonyl (C=O) groups excluding carboxylic acids is 2. The Bertz CT molecular complexity index is 810. The molecule has 1 aromatic carbocycles. The zero-order chi connectivity index (χ0) is 19.5. The van der Waals surface area contributed by atoms with Gasteiger partial charge in [0.2, 0.25) is 0 Å². The van der Waals surface area contributed by atoms with Gasteiger partial charge in [0, 0.05) is 11.8 Å². The molecule has 0 bridgehead atoms. The molecule has 8 heteroatoms. The van der Waals surface area contributed by atoms with Gasteiger partial charge in [0.15, 0.2) is 0 Å². The van der Waals surface area contributed by atoms with Gasteiger partial charge in [0.25, 0.3) is 5.91 Å². The molecule has 0 fully saturated rings. The van der Waals surface area contributed by atoms with Gasteiger partial charge in [-0.2, -0.15) is 13.2 Å². The Labute approximate surface area is 148 Å². The summed E-state index contributed by atoms with van der Waals surface area (Å²) in [4.78, 5) is 28.4. The van der Waals surface area contributed by atoms with E-state index < -0.39 is 29.2 Å². The van der Waals surface area contributed by atoms with Crippen LogP contribution in [-0.4, -0.2) is 22.5 Å². The molecule has 5 nitrogen and oxygen atoms in total. The maximum absolute atomic E-state index is 12.6. The number of amides is 1. The lowest BCUT2D eigenvalue weighted by Gasteiger charge is -2.20. The van der Waals surface area contributed by atoms with Gasteiger partial charge in [-0.15, -0.1) is 0 Å². The van der Waals surface area contributed by atoms with Gasteiger partial charge < -0.3 is 10.1 Å². The van der Waals surface area contributed by atoms with E-state index in [4.69, 9.17) is 4.74 Å². The molecule has 0 spiro atoms. The molecule has 1 amide bonds. The Morgan fingerprint density at radius 1 is 1.04 bits per heavy atom. The van der Waals surface area contributed by atoms with Crippen LogP contribution in [0, 0.1) is 0 Å². The summed E-state index contributed by atoms with van der Waals surface area (Å²) in [5.41, 5.74) is -1.55. The summed E-state index contributed by atoms with van der Waals surface area (Å²) in [6.07, 6.45) is -3.11. The lowest BCUT2D eigenvalue weighted by Crippen LogP contribution is -2.25. The number of benzene rings is 1. The molecular weight excluding hydrogens is 349 g/mol. The van der Waals surface area contributed by atoms with Crippen molar-refractivity contribution in [1.82, 2.24) is 4.98 Å². The molecule has 26 heavy (non-hydrogen) atoms. The first-order chi connectivity index (χ1) is 12.0. The highest BCUT2D eigenvalue weighted by Crippen LogP contribution is 2.29. The minimum atomic E-state index is -4.49. The third-order valence-corrected chi connectivity index (χ3v) is 3.13. The summed E-state index contributed by atoms with van der Waals surface area (Å²) >= 11 is 0. The highest BCUT2D eigenvalue weighted by atomic mass is 19.4. The number of aromatic nitrogens is 1. The summed E-state index contributed by atoms with van der Waals surface area (Å²) in [6.45, 7) is 5.09. The minimum absolute atomic E-state index is 0.00112. The Kier molecular flexibility index (Phi) is 5.34. The molecule has 138 valence electrons. The molecule has 0 aliphatic heterocycles. The van der Waals surface area contributed by atoms with E-state index in [0.29, 0.717) is 0 Å². The number of hydrogen-bond donors (Lipinski definition) is 1. The summed E-state index contributed by atoms with van der Waals surface area (Å²) < 4.78 is 43.0. The number of nitrogens with zero attached hydrogens (tertiary/aromatic N) is 1. The maximum atomic E-state index is 12.6. The third kappa shape index (κ3) is 5.05. The minimum Gasteiger partial charge on any atom is -0.456 e. The van der Waals surface area contributed by atoms with Crippen molar-refractivity contribution in [2.75, 3.05) is 5.32 Å². The largest absolute Gasteiger partial charge is 0.456 e. The normalized spacial score (nSPS) is 11.8. The fraction of sp³-hybridized carbons (Fsp3) is 0.278. The predicted molar refractivity (Wildman–Crippen MR) is 88.8 cm³/mol. The fourth-order valence-electron chi connectivity index (χ4n) is 1.99. The van der Waals surface area contributed by atoms with Crippen LogP contribution < -0.4 is 5.32 Å². The van der Waals surface area contributed by atoms with E-state index in [2.05, 4.69) is 10.3 Å². The molecule has 2 aromatic rings. The number of halogens is 3. The van der Waals surface area contributed by atoms with Crippen molar-refractivity contribution in [3.05, 3.63) is 59.3 Å². The van der Waals surface area contributed by atoms with Crippen molar-refractivity contribution in [2.24, 2.45) is 0 Å². The van der Waals surface area contributed by atoms with Crippen LogP contribution in [0.2, 0.25) is 0 Å². The summed E-state index contributed by atoms with van der Waals surface area (Å²) in [5, 5.41) is 2.42. The average molecular weight is 366 g/mol. The van der Waals surface area contributed by atoms with Gasteiger partial charge in [-0.05, 0) is 57.2 Å². The molecule has 2 rings (SSSR count). The van der Waals surface area contributed by atoms with Gasteiger partial charge in [-0.3, -0.25) is 4.79 Å². The first-order valence-corrected chi connectivity index (χ1v) is 7.64. The van der Waals surface area contributed by atoms with Gasteiger partial charge in [-0.1, -0.05) is 0 Å². The van der Waals surface area contributed by atoms with Crippen molar-refractivity contribution in [3.8, 4) is 0 Å². The fourth-order valence-corrected chi connectivity index (χ4v) is 1.99. The van der Waals surface area contributed by atoms with Crippen LogP contribution in [0.4, 0.5) is 19.0 Å². The second-order valence-electron chi connectivity index (χ2n) is 6.43. The van der Waals surface area contributed by atoms with Gasteiger partial charge in [0.05, 0.1) is 5.56 Å². The Morgan fingerprint density at radius 2 is 1.65 bits per heavy atom. The highest BCUT2D eigenvalue weighted by molar-refractivity contribution is 6.07. The van der Waals surface area contributed by atoms with Crippen molar-refractivity contribution in [3.63, 3.8) is 0 Å². The van der Waals surface area contributed by atoms with Crippen LogP contribution in [0.1, 0.15) is 47.1 Å². The standard InChI is InChI=1S/C18H17F3N2O3/c1-17(2,3)26-16(25)13-5-4-10-22-14(13)23-15(24)11-6-8-12(9-7-11)18(19,20)21/h4-10H,1-3H3,(H,22,23,24). The van der Waals surface area contributed by atoms with Crippen LogP contribution in [-0.2, 0) is 10.9 Å². The number of nitrogens with one attached hydrogen (secondary N) is 1. The van der Waals surface area contributed by atoms with E-state index in [-0.39, 0.29) is 16.9 Å². The lowest BCUT2D eigenvalue weighted by atomic mass is 10.1. The van der Waals surface area contributed by atoms with Crippen molar-refractivity contribution < 1.29 is 27.5 Å². The molecule has 0 saturated heterocycles. The third-order valence-electron chi connectivity index (χ3n) is 3.13. The maximum Gasteiger partial charge on any atom is 0.416 e. The van der Waals surface area contributed by atoms with Gasteiger partial charge in [0.1, 0.15) is 17.0 Å². The second kappa shape index (κ2) is 7.15. The summed E-state index contributed by atoms with van der Waals surface area (Å²) in [6, 6.07) is 6.66. The number of ether oxygens (including phenoxy) is 1. The van der Waals surface area contributed by atoms with Crippen LogP contribution in [0.15, 0.2) is 42.6 Å². The number of hydrogen-bond acceptors (Lipinski definition) is 4. The Balaban J connectivity index is 2.21. The first-order valence-electron chi connectivity index (χ1n) is 7.64. The molecular formula is C18H17F3N2O3. The molecule has 1 N–H and O–H groups in total. The van der Waals surface area contributed by atoms with E-state index in [1.807, 2.05) is 0 Å². The molecule has 0 unspecified atom stereocenters. The zero-order valence-electron chi connectivity index (χ0n) is 14.3. The second-order valence-corrected chi connectivity index (χ2v) is 6.43. The number of alkyl halides is 3.